The monoisotopic (exact) mass is 334 g/mol. The van der Waals surface area contributed by atoms with Crippen molar-refractivity contribution in [1.29, 1.82) is 0 Å². The molecular formula is C15H22N6O3. The van der Waals surface area contributed by atoms with E-state index in [0.29, 0.717) is 24.5 Å². The summed E-state index contributed by atoms with van der Waals surface area (Å²) >= 11 is 0. The van der Waals surface area contributed by atoms with Crippen LogP contribution in [0.25, 0.3) is 11.3 Å². The first-order valence-corrected chi connectivity index (χ1v) is 8.34. The third kappa shape index (κ3) is 3.13. The van der Waals surface area contributed by atoms with E-state index in [1.165, 1.54) is 0 Å². The molecule has 0 aromatic carbocycles. The molecule has 2 aromatic heterocycles. The highest BCUT2D eigenvalue weighted by molar-refractivity contribution is 5.74. The van der Waals surface area contributed by atoms with Crippen molar-refractivity contribution < 1.29 is 14.1 Å². The van der Waals surface area contributed by atoms with Crippen LogP contribution < -0.4 is 10.2 Å². The summed E-state index contributed by atoms with van der Waals surface area (Å²) in [6.45, 7) is 7.87. The predicted octanol–water partition coefficient (Wildman–Crippen LogP) is 1.22. The third-order valence-electron chi connectivity index (χ3n) is 4.44. The number of ether oxygens (including phenoxy) is 2. The van der Waals surface area contributed by atoms with Gasteiger partial charge >= 0.3 is 0 Å². The van der Waals surface area contributed by atoms with Gasteiger partial charge in [-0.05, 0) is 37.0 Å². The highest BCUT2D eigenvalue weighted by atomic mass is 16.6. The summed E-state index contributed by atoms with van der Waals surface area (Å²) in [5, 5.41) is 11.2. The van der Waals surface area contributed by atoms with Gasteiger partial charge in [-0.3, -0.25) is 0 Å². The smallest absolute Gasteiger partial charge is 0.245 e. The minimum Gasteiger partial charge on any atom is -0.378 e. The summed E-state index contributed by atoms with van der Waals surface area (Å²) in [7, 11) is 0. The van der Waals surface area contributed by atoms with Crippen LogP contribution in [0.3, 0.4) is 0 Å². The maximum atomic E-state index is 5.80. The van der Waals surface area contributed by atoms with Crippen molar-refractivity contribution in [3.05, 3.63) is 0 Å². The van der Waals surface area contributed by atoms with E-state index >= 15 is 0 Å². The fourth-order valence-electron chi connectivity index (χ4n) is 3.27. The maximum Gasteiger partial charge on any atom is 0.245 e. The highest BCUT2D eigenvalue weighted by Gasteiger charge is 2.30. The highest BCUT2D eigenvalue weighted by Crippen LogP contribution is 2.30. The Morgan fingerprint density at radius 1 is 1.08 bits per heavy atom. The molecule has 1 unspecified atom stereocenters. The first kappa shape index (κ1) is 15.5. The molecule has 1 atom stereocenters. The van der Waals surface area contributed by atoms with Crippen LogP contribution in [0, 0.1) is 0 Å². The molecular weight excluding hydrogens is 312 g/mol. The summed E-state index contributed by atoms with van der Waals surface area (Å²) in [5.74, 6) is 1.51. The minimum absolute atomic E-state index is 0.137. The van der Waals surface area contributed by atoms with E-state index in [4.69, 9.17) is 14.1 Å². The Morgan fingerprint density at radius 2 is 1.83 bits per heavy atom. The van der Waals surface area contributed by atoms with E-state index < -0.39 is 0 Å². The lowest BCUT2D eigenvalue weighted by atomic mass is 9.94. The van der Waals surface area contributed by atoms with E-state index in [-0.39, 0.29) is 11.6 Å². The SMILES string of the molecule is CC1(C)CC(Nc2nc3nonc3nc2N2CCOCC2)CCO1. The molecule has 9 heteroatoms. The summed E-state index contributed by atoms with van der Waals surface area (Å²) in [5.41, 5.74) is 0.706. The Labute approximate surface area is 139 Å². The Hall–Kier alpha value is -2.00. The summed E-state index contributed by atoms with van der Waals surface area (Å²) in [6, 6.07) is 0.278. The number of morpholine rings is 1. The molecule has 0 saturated carbocycles. The number of aromatic nitrogens is 4. The molecule has 2 aliphatic rings. The van der Waals surface area contributed by atoms with Crippen molar-refractivity contribution in [2.45, 2.75) is 38.3 Å². The van der Waals surface area contributed by atoms with Crippen LogP contribution in [0.15, 0.2) is 4.63 Å². The van der Waals surface area contributed by atoms with Crippen LogP contribution in [0.5, 0.6) is 0 Å². The molecule has 130 valence electrons. The zero-order valence-corrected chi connectivity index (χ0v) is 14.0. The van der Waals surface area contributed by atoms with Gasteiger partial charge in [-0.25, -0.2) is 14.6 Å². The van der Waals surface area contributed by atoms with Crippen molar-refractivity contribution in [1.82, 2.24) is 20.3 Å². The lowest BCUT2D eigenvalue weighted by molar-refractivity contribution is -0.0553. The topological polar surface area (TPSA) is 98.4 Å². The molecule has 0 aliphatic carbocycles. The van der Waals surface area contributed by atoms with Crippen LogP contribution in [-0.4, -0.2) is 64.8 Å². The molecule has 2 aromatic rings. The average Bonchev–Trinajstić information content (AvgIpc) is 3.01. The van der Waals surface area contributed by atoms with Gasteiger partial charge in [0.05, 0.1) is 18.8 Å². The number of nitrogens with one attached hydrogen (secondary N) is 1. The summed E-state index contributed by atoms with van der Waals surface area (Å²) in [4.78, 5) is 11.4. The lowest BCUT2D eigenvalue weighted by Crippen LogP contribution is -2.41. The van der Waals surface area contributed by atoms with Gasteiger partial charge in [0.15, 0.2) is 11.6 Å². The Balaban J connectivity index is 1.64. The molecule has 0 bridgehead atoms. The predicted molar refractivity (Wildman–Crippen MR) is 87.1 cm³/mol. The lowest BCUT2D eigenvalue weighted by Gasteiger charge is -2.36. The van der Waals surface area contributed by atoms with Gasteiger partial charge in [-0.1, -0.05) is 0 Å². The van der Waals surface area contributed by atoms with Crippen LogP contribution in [0.1, 0.15) is 26.7 Å². The number of nitrogens with zero attached hydrogens (tertiary/aromatic N) is 5. The molecule has 0 amide bonds. The number of hydrogen-bond acceptors (Lipinski definition) is 9. The molecule has 4 rings (SSSR count). The van der Waals surface area contributed by atoms with Gasteiger partial charge in [0, 0.05) is 25.7 Å². The van der Waals surface area contributed by atoms with E-state index in [0.717, 1.165) is 44.2 Å². The fraction of sp³-hybridized carbons (Fsp3) is 0.733. The third-order valence-corrected chi connectivity index (χ3v) is 4.44. The number of fused-ring (bicyclic) bond motifs is 1. The van der Waals surface area contributed by atoms with Gasteiger partial charge in [0.1, 0.15) is 0 Å². The van der Waals surface area contributed by atoms with E-state index in [1.54, 1.807) is 0 Å². The Morgan fingerprint density at radius 3 is 2.58 bits per heavy atom. The molecule has 2 aliphatic heterocycles. The molecule has 2 fully saturated rings. The van der Waals surface area contributed by atoms with Crippen LogP contribution in [0.2, 0.25) is 0 Å². The number of rotatable bonds is 3. The summed E-state index contributed by atoms with van der Waals surface area (Å²) in [6.07, 6.45) is 1.84. The first-order valence-electron chi connectivity index (χ1n) is 8.34. The molecule has 2 saturated heterocycles. The van der Waals surface area contributed by atoms with E-state index in [9.17, 15) is 0 Å². The second-order valence-electron chi connectivity index (χ2n) is 6.85. The van der Waals surface area contributed by atoms with Gasteiger partial charge in [-0.15, -0.1) is 0 Å². The van der Waals surface area contributed by atoms with Crippen LogP contribution >= 0.6 is 0 Å². The molecule has 9 nitrogen and oxygen atoms in total. The first-order chi connectivity index (χ1) is 11.6. The molecule has 0 spiro atoms. The maximum absolute atomic E-state index is 5.80. The van der Waals surface area contributed by atoms with Crippen molar-refractivity contribution in [3.63, 3.8) is 0 Å². The quantitative estimate of drug-likeness (QED) is 0.888. The van der Waals surface area contributed by atoms with Gasteiger partial charge in [0.2, 0.25) is 11.3 Å². The molecule has 1 N–H and O–H groups in total. The van der Waals surface area contributed by atoms with Crippen molar-refractivity contribution in [2.24, 2.45) is 0 Å². The zero-order valence-electron chi connectivity index (χ0n) is 14.0. The van der Waals surface area contributed by atoms with Gasteiger partial charge in [0.25, 0.3) is 0 Å². The number of anilines is 2. The number of hydrogen-bond donors (Lipinski definition) is 1. The summed E-state index contributed by atoms with van der Waals surface area (Å²) < 4.78 is 16.0. The Kier molecular flexibility index (Phi) is 3.97. The largest absolute Gasteiger partial charge is 0.378 e. The Bertz CT molecular complexity index is 712. The second kappa shape index (κ2) is 6.14. The minimum atomic E-state index is -0.137. The van der Waals surface area contributed by atoms with Crippen LogP contribution in [0.4, 0.5) is 11.6 Å². The average molecular weight is 334 g/mol. The molecule has 24 heavy (non-hydrogen) atoms. The van der Waals surface area contributed by atoms with Gasteiger partial charge < -0.3 is 19.7 Å². The van der Waals surface area contributed by atoms with Gasteiger partial charge in [-0.2, -0.15) is 0 Å². The second-order valence-corrected chi connectivity index (χ2v) is 6.85. The molecule has 4 heterocycles. The van der Waals surface area contributed by atoms with Crippen LogP contribution in [-0.2, 0) is 9.47 Å². The standard InChI is InChI=1S/C15H22N6O3/c1-15(2)9-10(3-6-23-15)16-13-14(21-4-7-22-8-5-21)18-12-11(17-13)19-24-20-12/h10H,3-9H2,1-2H3,(H,16,17,19). The molecule has 0 radical (unpaired) electrons. The van der Waals surface area contributed by atoms with Crippen molar-refractivity contribution >= 4 is 22.9 Å². The van der Waals surface area contributed by atoms with Crippen molar-refractivity contribution in [3.8, 4) is 0 Å². The van der Waals surface area contributed by atoms with Crippen molar-refractivity contribution in [2.75, 3.05) is 43.1 Å². The van der Waals surface area contributed by atoms with E-state index in [1.807, 2.05) is 0 Å². The fourth-order valence-corrected chi connectivity index (χ4v) is 3.27. The zero-order chi connectivity index (χ0) is 16.6. The van der Waals surface area contributed by atoms with E-state index in [2.05, 4.69) is 44.3 Å². The normalized spacial score (nSPS) is 24.2.